The lowest BCUT2D eigenvalue weighted by Gasteiger charge is -2.24. The lowest BCUT2D eigenvalue weighted by molar-refractivity contribution is -0.136. The fourth-order valence-corrected chi connectivity index (χ4v) is 6.24. The standard InChI is InChI=1S/C45H56N4O7.ClH/c1-5-38(33-14-10-7-11-15-33)42(34-16-20-36(50)21-17-34)35-18-22-37(23-19-35)56-27-25-49(4)41(51)30-55-26-24-47-44(53)40(28-31(2)3)48-45(54)43(52)39(46)29-32-12-8-6-9-13-32;/h6-23,31,39-40,43,50,52H,5,24-30,46H2,1-4H3,(H,47,53)(H,48,54);1H/t39-,40+,43+;/m1./s1. The van der Waals surface area contributed by atoms with E-state index in [1.807, 2.05) is 98.8 Å². The van der Waals surface area contributed by atoms with Gasteiger partial charge in [-0.05, 0) is 82.8 Å². The van der Waals surface area contributed by atoms with Gasteiger partial charge in [0.05, 0.1) is 13.2 Å². The third kappa shape index (κ3) is 14.7. The van der Waals surface area contributed by atoms with Gasteiger partial charge in [-0.25, -0.2) is 0 Å². The van der Waals surface area contributed by atoms with Crippen molar-refractivity contribution in [1.82, 2.24) is 15.5 Å². The van der Waals surface area contributed by atoms with Crippen molar-refractivity contribution in [2.45, 2.75) is 58.2 Å². The Morgan fingerprint density at radius 2 is 1.40 bits per heavy atom. The van der Waals surface area contributed by atoms with Crippen LogP contribution in [-0.4, -0.2) is 91.0 Å². The molecular weight excluding hydrogens is 744 g/mol. The van der Waals surface area contributed by atoms with Gasteiger partial charge in [-0.1, -0.05) is 106 Å². The van der Waals surface area contributed by atoms with Crippen molar-refractivity contribution >= 4 is 41.3 Å². The number of benzene rings is 4. The number of allylic oxidation sites excluding steroid dienone is 1. The van der Waals surface area contributed by atoms with Gasteiger partial charge in [-0.2, -0.15) is 0 Å². The van der Waals surface area contributed by atoms with Gasteiger partial charge >= 0.3 is 0 Å². The molecule has 3 atom stereocenters. The predicted molar refractivity (Wildman–Crippen MR) is 227 cm³/mol. The number of carbonyl (C=O) groups is 3. The summed E-state index contributed by atoms with van der Waals surface area (Å²) in [7, 11) is 1.67. The van der Waals surface area contributed by atoms with Crippen molar-refractivity contribution in [2.75, 3.05) is 40.0 Å². The van der Waals surface area contributed by atoms with Crippen molar-refractivity contribution in [3.05, 3.63) is 131 Å². The molecule has 57 heavy (non-hydrogen) atoms. The largest absolute Gasteiger partial charge is 0.508 e. The molecule has 0 unspecified atom stereocenters. The van der Waals surface area contributed by atoms with E-state index in [0.717, 1.165) is 34.2 Å². The molecule has 3 amide bonds. The SMILES string of the molecule is CCC(=C(c1ccc(O)cc1)c1ccc(OCCN(C)C(=O)COCCNC(=O)[C@H](CC(C)C)NC(=O)[C@@H](O)[C@H](N)Cc2ccccc2)cc1)c1ccccc1.Cl. The number of phenols is 1. The van der Waals surface area contributed by atoms with Crippen LogP contribution in [0.2, 0.25) is 0 Å². The lowest BCUT2D eigenvalue weighted by Crippen LogP contribution is -2.54. The van der Waals surface area contributed by atoms with Crippen LogP contribution in [0.3, 0.4) is 0 Å². The second-order valence-electron chi connectivity index (χ2n) is 14.1. The summed E-state index contributed by atoms with van der Waals surface area (Å²) >= 11 is 0. The second-order valence-corrected chi connectivity index (χ2v) is 14.1. The van der Waals surface area contributed by atoms with Crippen LogP contribution in [0.4, 0.5) is 0 Å². The number of nitrogens with zero attached hydrogens (tertiary/aromatic N) is 1. The highest BCUT2D eigenvalue weighted by Crippen LogP contribution is 2.35. The van der Waals surface area contributed by atoms with Gasteiger partial charge in [-0.3, -0.25) is 14.4 Å². The van der Waals surface area contributed by atoms with Gasteiger partial charge in [-0.15, -0.1) is 12.4 Å². The van der Waals surface area contributed by atoms with Gasteiger partial charge in [0.1, 0.15) is 36.9 Å². The Balaban J connectivity index is 0.00000870. The highest BCUT2D eigenvalue weighted by atomic mass is 35.5. The number of carbonyl (C=O) groups excluding carboxylic acids is 3. The Morgan fingerprint density at radius 3 is 2.00 bits per heavy atom. The summed E-state index contributed by atoms with van der Waals surface area (Å²) in [5.41, 5.74) is 12.4. The molecule has 6 N–H and O–H groups in total. The number of amides is 3. The molecule has 4 rings (SSSR count). The summed E-state index contributed by atoms with van der Waals surface area (Å²) in [6, 6.07) is 33.0. The molecule has 0 aliphatic heterocycles. The van der Waals surface area contributed by atoms with Crippen LogP contribution in [0.25, 0.3) is 11.1 Å². The zero-order valence-corrected chi connectivity index (χ0v) is 34.0. The van der Waals surface area contributed by atoms with E-state index < -0.39 is 30.0 Å². The zero-order valence-electron chi connectivity index (χ0n) is 33.2. The molecule has 306 valence electrons. The number of phenolic OH excluding ortho intramolecular Hbond substituents is 1. The molecule has 4 aromatic rings. The normalized spacial score (nSPS) is 13.0. The number of rotatable bonds is 21. The Bertz CT molecular complexity index is 1860. The van der Waals surface area contributed by atoms with E-state index in [1.54, 1.807) is 19.2 Å². The highest BCUT2D eigenvalue weighted by molar-refractivity contribution is 5.98. The zero-order chi connectivity index (χ0) is 40.5. The van der Waals surface area contributed by atoms with E-state index in [-0.39, 0.29) is 56.3 Å². The maximum absolute atomic E-state index is 13.0. The summed E-state index contributed by atoms with van der Waals surface area (Å²) in [6.07, 6.45) is -0.00295. The molecule has 0 fully saturated rings. The molecule has 0 bridgehead atoms. The Labute approximate surface area is 342 Å². The first-order valence-corrected chi connectivity index (χ1v) is 19.1. The number of aliphatic hydroxyl groups excluding tert-OH is 1. The number of nitrogens with two attached hydrogens (primary N) is 1. The van der Waals surface area contributed by atoms with Crippen LogP contribution in [0.1, 0.15) is 55.9 Å². The minimum Gasteiger partial charge on any atom is -0.508 e. The maximum atomic E-state index is 13.0. The molecule has 0 aromatic heterocycles. The highest BCUT2D eigenvalue weighted by Gasteiger charge is 2.28. The van der Waals surface area contributed by atoms with E-state index in [0.29, 0.717) is 25.1 Å². The van der Waals surface area contributed by atoms with E-state index >= 15 is 0 Å². The summed E-state index contributed by atoms with van der Waals surface area (Å²) in [5, 5.41) is 25.9. The first-order chi connectivity index (χ1) is 27.0. The van der Waals surface area contributed by atoms with Crippen molar-refractivity contribution < 1.29 is 34.1 Å². The Kier molecular flexibility index (Phi) is 19.3. The lowest BCUT2D eigenvalue weighted by atomic mass is 9.88. The molecule has 0 aliphatic carbocycles. The van der Waals surface area contributed by atoms with E-state index in [1.165, 1.54) is 10.5 Å². The third-order valence-electron chi connectivity index (χ3n) is 9.30. The molecule has 12 heteroatoms. The van der Waals surface area contributed by atoms with E-state index in [2.05, 4.69) is 29.7 Å². The number of aliphatic hydroxyl groups is 1. The smallest absolute Gasteiger partial charge is 0.251 e. The number of likely N-dealkylation sites (N-methyl/N-ethyl adjacent to an activating group) is 1. The fourth-order valence-electron chi connectivity index (χ4n) is 6.24. The fraction of sp³-hybridized carbons (Fsp3) is 0.356. The average Bonchev–Trinajstić information content (AvgIpc) is 3.20. The predicted octanol–water partition coefficient (Wildman–Crippen LogP) is 5.61. The number of aromatic hydroxyl groups is 1. The van der Waals surface area contributed by atoms with Crippen LogP contribution in [0.5, 0.6) is 11.5 Å². The maximum Gasteiger partial charge on any atom is 0.251 e. The molecule has 0 saturated heterocycles. The molecule has 0 radical (unpaired) electrons. The van der Waals surface area contributed by atoms with E-state index in [4.69, 9.17) is 15.2 Å². The number of ether oxygens (including phenoxy) is 2. The van der Waals surface area contributed by atoms with Crippen molar-refractivity contribution in [3.8, 4) is 11.5 Å². The molecule has 4 aromatic carbocycles. The summed E-state index contributed by atoms with van der Waals surface area (Å²) in [5.74, 6) is -0.389. The van der Waals surface area contributed by atoms with Crippen molar-refractivity contribution in [3.63, 3.8) is 0 Å². The van der Waals surface area contributed by atoms with E-state index in [9.17, 15) is 24.6 Å². The van der Waals surface area contributed by atoms with Crippen LogP contribution in [0.15, 0.2) is 109 Å². The first kappa shape index (κ1) is 46.2. The molecule has 0 saturated carbocycles. The number of hydrogen-bond acceptors (Lipinski definition) is 8. The number of nitrogens with one attached hydrogen (secondary N) is 2. The van der Waals surface area contributed by atoms with Crippen molar-refractivity contribution in [1.29, 1.82) is 0 Å². The number of hydrogen-bond donors (Lipinski definition) is 5. The summed E-state index contributed by atoms with van der Waals surface area (Å²) in [4.78, 5) is 40.0. The van der Waals surface area contributed by atoms with Crippen LogP contribution < -0.4 is 21.1 Å². The summed E-state index contributed by atoms with van der Waals surface area (Å²) < 4.78 is 11.5. The summed E-state index contributed by atoms with van der Waals surface area (Å²) in [6.45, 7) is 6.65. The molecule has 0 heterocycles. The van der Waals surface area contributed by atoms with Gasteiger partial charge in [0.25, 0.3) is 5.91 Å². The minimum absolute atomic E-state index is 0. The third-order valence-corrected chi connectivity index (χ3v) is 9.30. The van der Waals surface area contributed by atoms with Gasteiger partial charge < -0.3 is 41.0 Å². The molecular formula is C45H57ClN4O7. The molecule has 11 nitrogen and oxygen atoms in total. The van der Waals surface area contributed by atoms with Crippen molar-refractivity contribution in [2.24, 2.45) is 11.7 Å². The molecule has 0 spiro atoms. The van der Waals surface area contributed by atoms with Crippen LogP contribution >= 0.6 is 12.4 Å². The monoisotopic (exact) mass is 800 g/mol. The first-order valence-electron chi connectivity index (χ1n) is 19.1. The topological polar surface area (TPSA) is 163 Å². The Morgan fingerprint density at radius 1 is 0.807 bits per heavy atom. The number of halogens is 1. The molecule has 0 aliphatic rings. The minimum atomic E-state index is -1.48. The van der Waals surface area contributed by atoms with Crippen LogP contribution in [-0.2, 0) is 25.5 Å². The van der Waals surface area contributed by atoms with Crippen LogP contribution in [0, 0.1) is 5.92 Å². The quantitative estimate of drug-likeness (QED) is 0.0536. The van der Waals surface area contributed by atoms with Gasteiger partial charge in [0.15, 0.2) is 0 Å². The van der Waals surface area contributed by atoms with Gasteiger partial charge in [0.2, 0.25) is 11.8 Å². The Hall–Kier alpha value is -5.20. The second kappa shape index (κ2) is 23.8. The van der Waals surface area contributed by atoms with Gasteiger partial charge in [0, 0.05) is 19.6 Å². The average molecular weight is 801 g/mol.